The molecule has 1 saturated heterocycles. The second kappa shape index (κ2) is 5.95. The Hall–Kier alpha value is -1.72. The van der Waals surface area contributed by atoms with Gasteiger partial charge < -0.3 is 10.0 Å². The van der Waals surface area contributed by atoms with Crippen LogP contribution < -0.4 is 0 Å². The Labute approximate surface area is 128 Å². The van der Waals surface area contributed by atoms with Gasteiger partial charge in [-0.05, 0) is 43.3 Å². The van der Waals surface area contributed by atoms with Crippen molar-refractivity contribution in [2.24, 2.45) is 0 Å². The van der Waals surface area contributed by atoms with Crippen LogP contribution in [0.5, 0.6) is 0 Å². The molecule has 1 atom stereocenters. The zero-order valence-corrected chi connectivity index (χ0v) is 12.8. The van der Waals surface area contributed by atoms with Gasteiger partial charge in [-0.3, -0.25) is 9.78 Å². The Morgan fingerprint density at radius 2 is 2.33 bits per heavy atom. The SMILES string of the molecule is Cc1nc(-c2ccsc2)ccc1C(=O)N1CCC[C@@H]1CO. The van der Waals surface area contributed by atoms with Gasteiger partial charge in [-0.15, -0.1) is 0 Å². The molecule has 1 N–H and O–H groups in total. The van der Waals surface area contributed by atoms with E-state index in [1.165, 1.54) is 0 Å². The Balaban J connectivity index is 1.87. The number of hydrogen-bond donors (Lipinski definition) is 1. The van der Waals surface area contributed by atoms with Crippen LogP contribution in [0.25, 0.3) is 11.3 Å². The zero-order chi connectivity index (χ0) is 14.8. The molecule has 1 aliphatic rings. The van der Waals surface area contributed by atoms with E-state index in [2.05, 4.69) is 4.98 Å². The Kier molecular flexibility index (Phi) is 4.03. The predicted molar refractivity (Wildman–Crippen MR) is 83.4 cm³/mol. The summed E-state index contributed by atoms with van der Waals surface area (Å²) in [6.45, 7) is 2.62. The van der Waals surface area contributed by atoms with Gasteiger partial charge in [0.05, 0.1) is 29.6 Å². The van der Waals surface area contributed by atoms with Crippen LogP contribution in [-0.2, 0) is 0 Å². The fourth-order valence-electron chi connectivity index (χ4n) is 2.81. The fraction of sp³-hybridized carbons (Fsp3) is 0.375. The van der Waals surface area contributed by atoms with E-state index >= 15 is 0 Å². The van der Waals surface area contributed by atoms with Gasteiger partial charge in [0, 0.05) is 17.5 Å². The van der Waals surface area contributed by atoms with E-state index in [9.17, 15) is 9.90 Å². The van der Waals surface area contributed by atoms with Gasteiger partial charge in [0.2, 0.25) is 0 Å². The number of aliphatic hydroxyl groups excluding tert-OH is 1. The maximum atomic E-state index is 12.6. The number of nitrogens with zero attached hydrogens (tertiary/aromatic N) is 2. The molecule has 0 unspecified atom stereocenters. The molecule has 0 spiro atoms. The minimum atomic E-state index is -0.0477. The van der Waals surface area contributed by atoms with E-state index in [1.807, 2.05) is 35.9 Å². The smallest absolute Gasteiger partial charge is 0.256 e. The standard InChI is InChI=1S/C16H18N2O2S/c1-11-14(16(20)18-7-2-3-13(18)9-19)4-5-15(17-11)12-6-8-21-10-12/h4-6,8,10,13,19H,2-3,7,9H2,1H3/t13-/m1/s1. The number of pyridine rings is 1. The van der Waals surface area contributed by atoms with Crippen molar-refractivity contribution in [1.82, 2.24) is 9.88 Å². The Bertz CT molecular complexity index is 640. The van der Waals surface area contributed by atoms with Crippen LogP contribution in [0.1, 0.15) is 28.9 Å². The van der Waals surface area contributed by atoms with Crippen molar-refractivity contribution in [3.05, 3.63) is 40.2 Å². The van der Waals surface area contributed by atoms with Crippen LogP contribution in [0, 0.1) is 6.92 Å². The topological polar surface area (TPSA) is 53.4 Å². The van der Waals surface area contributed by atoms with Crippen molar-refractivity contribution in [2.75, 3.05) is 13.2 Å². The molecule has 0 bridgehead atoms. The molecule has 0 radical (unpaired) electrons. The van der Waals surface area contributed by atoms with Gasteiger partial charge in [0.1, 0.15) is 0 Å². The van der Waals surface area contributed by atoms with E-state index in [-0.39, 0.29) is 18.6 Å². The number of thiophene rings is 1. The van der Waals surface area contributed by atoms with Crippen molar-refractivity contribution in [3.63, 3.8) is 0 Å². The number of aliphatic hydroxyl groups is 1. The number of hydrogen-bond acceptors (Lipinski definition) is 4. The van der Waals surface area contributed by atoms with Crippen molar-refractivity contribution < 1.29 is 9.90 Å². The lowest BCUT2D eigenvalue weighted by molar-refractivity contribution is 0.0676. The summed E-state index contributed by atoms with van der Waals surface area (Å²) in [5, 5.41) is 13.4. The molecule has 21 heavy (non-hydrogen) atoms. The second-order valence-electron chi connectivity index (χ2n) is 5.32. The highest BCUT2D eigenvalue weighted by atomic mass is 32.1. The number of likely N-dealkylation sites (tertiary alicyclic amines) is 1. The highest BCUT2D eigenvalue weighted by Crippen LogP contribution is 2.24. The third kappa shape index (κ3) is 2.71. The first-order chi connectivity index (χ1) is 10.2. The Morgan fingerprint density at radius 1 is 1.48 bits per heavy atom. The number of rotatable bonds is 3. The van der Waals surface area contributed by atoms with Crippen LogP contribution in [0.3, 0.4) is 0 Å². The zero-order valence-electron chi connectivity index (χ0n) is 12.0. The first kappa shape index (κ1) is 14.2. The summed E-state index contributed by atoms with van der Waals surface area (Å²) < 4.78 is 0. The molecular formula is C16H18N2O2S. The summed E-state index contributed by atoms with van der Waals surface area (Å²) >= 11 is 1.63. The van der Waals surface area contributed by atoms with E-state index in [0.717, 1.165) is 36.3 Å². The molecule has 4 nitrogen and oxygen atoms in total. The van der Waals surface area contributed by atoms with Crippen LogP contribution >= 0.6 is 11.3 Å². The van der Waals surface area contributed by atoms with Gasteiger partial charge in [-0.25, -0.2) is 0 Å². The summed E-state index contributed by atoms with van der Waals surface area (Å²) in [5.41, 5.74) is 3.35. The average Bonchev–Trinajstić information content (AvgIpc) is 3.17. The van der Waals surface area contributed by atoms with E-state index in [1.54, 1.807) is 16.2 Å². The monoisotopic (exact) mass is 302 g/mol. The van der Waals surface area contributed by atoms with Crippen LogP contribution in [0.15, 0.2) is 29.0 Å². The van der Waals surface area contributed by atoms with Crippen LogP contribution in [0.4, 0.5) is 0 Å². The highest BCUT2D eigenvalue weighted by molar-refractivity contribution is 7.08. The number of aromatic nitrogens is 1. The van der Waals surface area contributed by atoms with Gasteiger partial charge in [-0.2, -0.15) is 11.3 Å². The second-order valence-corrected chi connectivity index (χ2v) is 6.10. The van der Waals surface area contributed by atoms with Gasteiger partial charge >= 0.3 is 0 Å². The summed E-state index contributed by atoms with van der Waals surface area (Å²) in [7, 11) is 0. The number of carbonyl (C=O) groups excluding carboxylic acids is 1. The largest absolute Gasteiger partial charge is 0.394 e. The molecule has 1 fully saturated rings. The van der Waals surface area contributed by atoms with Crippen LogP contribution in [-0.4, -0.2) is 40.1 Å². The minimum Gasteiger partial charge on any atom is -0.394 e. The van der Waals surface area contributed by atoms with E-state index < -0.39 is 0 Å². The van der Waals surface area contributed by atoms with Crippen LogP contribution in [0.2, 0.25) is 0 Å². The predicted octanol–water partition coefficient (Wildman–Crippen LogP) is 2.72. The third-order valence-corrected chi connectivity index (χ3v) is 4.67. The van der Waals surface area contributed by atoms with Gasteiger partial charge in [0.25, 0.3) is 5.91 Å². The molecule has 110 valence electrons. The molecule has 5 heteroatoms. The van der Waals surface area contributed by atoms with E-state index in [4.69, 9.17) is 0 Å². The Morgan fingerprint density at radius 3 is 3.00 bits per heavy atom. The lowest BCUT2D eigenvalue weighted by Crippen LogP contribution is -2.38. The maximum absolute atomic E-state index is 12.6. The molecule has 3 rings (SSSR count). The molecule has 2 aromatic heterocycles. The number of carbonyl (C=O) groups is 1. The fourth-order valence-corrected chi connectivity index (χ4v) is 3.46. The molecule has 2 aromatic rings. The highest BCUT2D eigenvalue weighted by Gasteiger charge is 2.29. The molecular weight excluding hydrogens is 284 g/mol. The summed E-state index contributed by atoms with van der Waals surface area (Å²) in [4.78, 5) is 18.9. The average molecular weight is 302 g/mol. The quantitative estimate of drug-likeness (QED) is 0.948. The van der Waals surface area contributed by atoms with E-state index in [0.29, 0.717) is 5.56 Å². The third-order valence-electron chi connectivity index (χ3n) is 3.98. The number of aryl methyl sites for hydroxylation is 1. The number of amides is 1. The minimum absolute atomic E-state index is 0.0200. The lowest BCUT2D eigenvalue weighted by Gasteiger charge is -2.23. The molecule has 3 heterocycles. The maximum Gasteiger partial charge on any atom is 0.256 e. The van der Waals surface area contributed by atoms with Crippen molar-refractivity contribution >= 4 is 17.2 Å². The van der Waals surface area contributed by atoms with Gasteiger partial charge in [0.15, 0.2) is 0 Å². The molecule has 1 amide bonds. The first-order valence-electron chi connectivity index (χ1n) is 7.12. The van der Waals surface area contributed by atoms with Crippen molar-refractivity contribution in [2.45, 2.75) is 25.8 Å². The normalized spacial score (nSPS) is 18.2. The first-order valence-corrected chi connectivity index (χ1v) is 8.07. The molecule has 0 aliphatic carbocycles. The molecule has 0 saturated carbocycles. The summed E-state index contributed by atoms with van der Waals surface area (Å²) in [6, 6.07) is 5.72. The van der Waals surface area contributed by atoms with Gasteiger partial charge in [-0.1, -0.05) is 0 Å². The van der Waals surface area contributed by atoms with Crippen molar-refractivity contribution in [3.8, 4) is 11.3 Å². The summed E-state index contributed by atoms with van der Waals surface area (Å²) in [6.07, 6.45) is 1.83. The lowest BCUT2D eigenvalue weighted by atomic mass is 10.1. The summed E-state index contributed by atoms with van der Waals surface area (Å²) in [5.74, 6) is -0.0200. The van der Waals surface area contributed by atoms with Crippen molar-refractivity contribution in [1.29, 1.82) is 0 Å². The molecule has 1 aliphatic heterocycles. The molecule has 0 aromatic carbocycles.